The van der Waals surface area contributed by atoms with Gasteiger partial charge in [-0.1, -0.05) is 17.7 Å². The number of hydrogen-bond acceptors (Lipinski definition) is 4. The Bertz CT molecular complexity index is 779. The smallest absolute Gasteiger partial charge is 0.347 e. The van der Waals surface area contributed by atoms with Gasteiger partial charge in [0, 0.05) is 5.69 Å². The van der Waals surface area contributed by atoms with Gasteiger partial charge in [-0.2, -0.15) is 0 Å². The van der Waals surface area contributed by atoms with Crippen molar-refractivity contribution in [2.75, 3.05) is 11.9 Å². The summed E-state index contributed by atoms with van der Waals surface area (Å²) in [6.07, 6.45) is -0.920. The van der Waals surface area contributed by atoms with Crippen molar-refractivity contribution in [2.24, 2.45) is 0 Å². The van der Waals surface area contributed by atoms with Crippen LogP contribution in [0.3, 0.4) is 0 Å². The zero-order valence-corrected chi connectivity index (χ0v) is 15.3. The maximum Gasteiger partial charge on any atom is 0.347 e. The number of ether oxygens (including phenoxy) is 2. The van der Waals surface area contributed by atoms with E-state index in [0.29, 0.717) is 11.4 Å². The fourth-order valence-corrected chi connectivity index (χ4v) is 2.57. The Morgan fingerprint density at radius 3 is 2.23 bits per heavy atom. The maximum absolute atomic E-state index is 12.9. The summed E-state index contributed by atoms with van der Waals surface area (Å²) in [5.74, 6) is -1.17. The molecule has 0 aliphatic rings. The summed E-state index contributed by atoms with van der Waals surface area (Å²) in [5.41, 5.74) is 3.70. The minimum atomic E-state index is -0.920. The molecule has 0 bridgehead atoms. The van der Waals surface area contributed by atoms with Gasteiger partial charge >= 0.3 is 5.97 Å². The molecule has 0 saturated carbocycles. The molecule has 0 spiro atoms. The van der Waals surface area contributed by atoms with Crippen LogP contribution in [0.1, 0.15) is 23.6 Å². The highest BCUT2D eigenvalue weighted by Gasteiger charge is 2.18. The molecule has 0 saturated heterocycles. The van der Waals surface area contributed by atoms with Gasteiger partial charge in [-0.25, -0.2) is 9.18 Å². The normalized spacial score (nSPS) is 11.6. The Balaban J connectivity index is 1.86. The molecule has 1 amide bonds. The number of amides is 1. The molecule has 0 aliphatic heterocycles. The van der Waals surface area contributed by atoms with Crippen LogP contribution in [0.2, 0.25) is 0 Å². The number of anilines is 1. The predicted molar refractivity (Wildman–Crippen MR) is 96.7 cm³/mol. The average molecular weight is 359 g/mol. The van der Waals surface area contributed by atoms with E-state index in [9.17, 15) is 14.0 Å². The lowest BCUT2D eigenvalue weighted by Gasteiger charge is -2.15. The minimum Gasteiger partial charge on any atom is -0.479 e. The Morgan fingerprint density at radius 2 is 1.65 bits per heavy atom. The minimum absolute atomic E-state index is 0.339. The summed E-state index contributed by atoms with van der Waals surface area (Å²) in [6.45, 7) is 6.87. The number of nitrogens with one attached hydrogen (secondary N) is 1. The second kappa shape index (κ2) is 8.47. The van der Waals surface area contributed by atoms with Gasteiger partial charge in [0.1, 0.15) is 11.6 Å². The van der Waals surface area contributed by atoms with Crippen LogP contribution in [0.15, 0.2) is 36.4 Å². The van der Waals surface area contributed by atoms with Crippen LogP contribution in [0.5, 0.6) is 5.75 Å². The van der Waals surface area contributed by atoms with Gasteiger partial charge in [0.15, 0.2) is 12.7 Å². The first-order chi connectivity index (χ1) is 12.3. The molecule has 2 aromatic rings. The van der Waals surface area contributed by atoms with Crippen LogP contribution < -0.4 is 10.1 Å². The summed E-state index contributed by atoms with van der Waals surface area (Å²) < 4.78 is 23.2. The standard InChI is InChI=1S/C20H22FNO4/c1-12-9-13(2)19(14(3)10-12)22-18(23)11-25-20(24)15(4)26-17-7-5-16(21)6-8-17/h5-10,15H,11H2,1-4H3,(H,22,23)/t15-/m1/s1. The fraction of sp³-hybridized carbons (Fsp3) is 0.300. The number of hydrogen-bond donors (Lipinski definition) is 1. The number of esters is 1. The molecule has 26 heavy (non-hydrogen) atoms. The summed E-state index contributed by atoms with van der Waals surface area (Å²) >= 11 is 0. The number of benzene rings is 2. The Hall–Kier alpha value is -2.89. The van der Waals surface area contributed by atoms with Gasteiger partial charge in [0.2, 0.25) is 0 Å². The fourth-order valence-electron chi connectivity index (χ4n) is 2.57. The van der Waals surface area contributed by atoms with Crippen molar-refractivity contribution in [1.82, 2.24) is 0 Å². The molecule has 1 atom stereocenters. The molecule has 2 rings (SSSR count). The van der Waals surface area contributed by atoms with Crippen molar-refractivity contribution in [1.29, 1.82) is 0 Å². The maximum atomic E-state index is 12.9. The summed E-state index contributed by atoms with van der Waals surface area (Å²) in [7, 11) is 0. The summed E-state index contributed by atoms with van der Waals surface area (Å²) in [5, 5.41) is 2.76. The first-order valence-corrected chi connectivity index (χ1v) is 8.23. The quantitative estimate of drug-likeness (QED) is 0.799. The third kappa shape index (κ3) is 5.31. The van der Waals surface area contributed by atoms with E-state index in [2.05, 4.69) is 5.32 Å². The van der Waals surface area contributed by atoms with E-state index in [1.165, 1.54) is 31.2 Å². The van der Waals surface area contributed by atoms with Crippen LogP contribution in [-0.2, 0) is 14.3 Å². The number of carbonyl (C=O) groups excluding carboxylic acids is 2. The Kier molecular flexibility index (Phi) is 6.33. The lowest BCUT2D eigenvalue weighted by molar-refractivity contribution is -0.153. The van der Waals surface area contributed by atoms with Crippen molar-refractivity contribution in [3.63, 3.8) is 0 Å². The number of carbonyl (C=O) groups is 2. The van der Waals surface area contributed by atoms with E-state index < -0.39 is 30.4 Å². The molecule has 0 aromatic heterocycles. The zero-order valence-electron chi connectivity index (χ0n) is 15.3. The Labute approximate surface area is 152 Å². The molecular formula is C20H22FNO4. The Morgan fingerprint density at radius 1 is 1.08 bits per heavy atom. The van der Waals surface area contributed by atoms with Gasteiger partial charge in [0.05, 0.1) is 0 Å². The lowest BCUT2D eigenvalue weighted by Crippen LogP contribution is -2.30. The number of rotatable bonds is 6. The van der Waals surface area contributed by atoms with Gasteiger partial charge in [-0.15, -0.1) is 0 Å². The highest BCUT2D eigenvalue weighted by Crippen LogP contribution is 2.21. The molecule has 5 nitrogen and oxygen atoms in total. The van der Waals surface area contributed by atoms with E-state index >= 15 is 0 Å². The van der Waals surface area contributed by atoms with Gasteiger partial charge in [0.25, 0.3) is 5.91 Å². The van der Waals surface area contributed by atoms with Crippen LogP contribution in [0, 0.1) is 26.6 Å². The second-order valence-electron chi connectivity index (χ2n) is 6.14. The number of aryl methyl sites for hydroxylation is 3. The largest absolute Gasteiger partial charge is 0.479 e. The van der Waals surface area contributed by atoms with Crippen molar-refractivity contribution in [3.05, 3.63) is 58.9 Å². The van der Waals surface area contributed by atoms with Crippen LogP contribution in [0.25, 0.3) is 0 Å². The molecule has 0 unspecified atom stereocenters. The highest BCUT2D eigenvalue weighted by atomic mass is 19.1. The molecule has 1 N–H and O–H groups in total. The van der Waals surface area contributed by atoms with Crippen molar-refractivity contribution >= 4 is 17.6 Å². The van der Waals surface area contributed by atoms with E-state index in [1.807, 2.05) is 32.9 Å². The first kappa shape index (κ1) is 19.4. The third-order valence-electron chi connectivity index (χ3n) is 3.75. The first-order valence-electron chi connectivity index (χ1n) is 8.23. The molecule has 0 fully saturated rings. The topological polar surface area (TPSA) is 64.6 Å². The molecule has 0 heterocycles. The summed E-state index contributed by atoms with van der Waals surface area (Å²) in [4.78, 5) is 24.0. The number of halogens is 1. The molecule has 0 aliphatic carbocycles. The van der Waals surface area contributed by atoms with Crippen LogP contribution in [-0.4, -0.2) is 24.6 Å². The molecular weight excluding hydrogens is 337 g/mol. The zero-order chi connectivity index (χ0) is 19.3. The van der Waals surface area contributed by atoms with Gasteiger partial charge in [-0.3, -0.25) is 4.79 Å². The van der Waals surface area contributed by atoms with E-state index in [-0.39, 0.29) is 0 Å². The monoisotopic (exact) mass is 359 g/mol. The van der Waals surface area contributed by atoms with E-state index in [4.69, 9.17) is 9.47 Å². The molecule has 6 heteroatoms. The second-order valence-corrected chi connectivity index (χ2v) is 6.14. The van der Waals surface area contributed by atoms with E-state index in [0.717, 1.165) is 16.7 Å². The van der Waals surface area contributed by atoms with Crippen LogP contribution in [0.4, 0.5) is 10.1 Å². The van der Waals surface area contributed by atoms with Crippen LogP contribution >= 0.6 is 0 Å². The molecule has 138 valence electrons. The van der Waals surface area contributed by atoms with Crippen molar-refractivity contribution in [3.8, 4) is 5.75 Å². The SMILES string of the molecule is Cc1cc(C)c(NC(=O)COC(=O)[C@@H](C)Oc2ccc(F)cc2)c(C)c1. The van der Waals surface area contributed by atoms with E-state index in [1.54, 1.807) is 0 Å². The summed E-state index contributed by atoms with van der Waals surface area (Å²) in [6, 6.07) is 9.21. The highest BCUT2D eigenvalue weighted by molar-refractivity contribution is 5.94. The lowest BCUT2D eigenvalue weighted by atomic mass is 10.1. The predicted octanol–water partition coefficient (Wildman–Crippen LogP) is 3.70. The van der Waals surface area contributed by atoms with Crippen molar-refractivity contribution < 1.29 is 23.5 Å². The third-order valence-corrected chi connectivity index (χ3v) is 3.75. The molecule has 0 radical (unpaired) electrons. The average Bonchev–Trinajstić information content (AvgIpc) is 2.57. The van der Waals surface area contributed by atoms with Crippen molar-refractivity contribution in [2.45, 2.75) is 33.8 Å². The van der Waals surface area contributed by atoms with Gasteiger partial charge in [-0.05, 0) is 63.1 Å². The van der Waals surface area contributed by atoms with Gasteiger partial charge < -0.3 is 14.8 Å². The molecule has 2 aromatic carbocycles.